The van der Waals surface area contributed by atoms with Crippen LogP contribution in [0.15, 0.2) is 79.0 Å². The lowest BCUT2D eigenvalue weighted by atomic mass is 9.97. The second-order valence-corrected chi connectivity index (χ2v) is 6.87. The van der Waals surface area contributed by atoms with Crippen LogP contribution >= 0.6 is 11.6 Å². The summed E-state index contributed by atoms with van der Waals surface area (Å²) in [5.74, 6) is 0. The van der Waals surface area contributed by atoms with Crippen LogP contribution in [-0.2, 0) is 6.42 Å². The van der Waals surface area contributed by atoms with Gasteiger partial charge in [0, 0.05) is 23.2 Å². The Kier molecular flexibility index (Phi) is 3.58. The Balaban J connectivity index is 1.78. The molecule has 0 fully saturated rings. The van der Waals surface area contributed by atoms with Gasteiger partial charge in [-0.2, -0.15) is 0 Å². The predicted molar refractivity (Wildman–Crippen MR) is 106 cm³/mol. The molecule has 5 rings (SSSR count). The van der Waals surface area contributed by atoms with Crippen LogP contribution in [0.2, 0.25) is 5.02 Å². The number of nitrogens with zero attached hydrogens (tertiary/aromatic N) is 2. The summed E-state index contributed by atoms with van der Waals surface area (Å²) >= 11 is 6.09. The molecule has 0 radical (unpaired) electrons. The fraction of sp³-hybridized carbons (Fsp3) is 0.0435. The SMILES string of the molecule is Clc1ccc(-c2cc(-c3ccccn3)nc3c2Cc2ccccc2-3)cc1. The monoisotopic (exact) mass is 354 g/mol. The number of benzene rings is 2. The fourth-order valence-corrected chi connectivity index (χ4v) is 3.73. The molecule has 0 saturated carbocycles. The van der Waals surface area contributed by atoms with Gasteiger partial charge in [0.1, 0.15) is 0 Å². The highest BCUT2D eigenvalue weighted by Gasteiger charge is 2.24. The predicted octanol–water partition coefficient (Wildman–Crippen LogP) is 6.04. The molecule has 4 aromatic rings. The summed E-state index contributed by atoms with van der Waals surface area (Å²) in [4.78, 5) is 9.48. The molecule has 0 bridgehead atoms. The molecule has 124 valence electrons. The minimum Gasteiger partial charge on any atom is -0.255 e. The summed E-state index contributed by atoms with van der Waals surface area (Å²) < 4.78 is 0. The van der Waals surface area contributed by atoms with Gasteiger partial charge in [0.05, 0.1) is 17.1 Å². The summed E-state index contributed by atoms with van der Waals surface area (Å²) in [5.41, 5.74) is 9.00. The zero-order valence-corrected chi connectivity index (χ0v) is 14.7. The van der Waals surface area contributed by atoms with Crippen molar-refractivity contribution in [3.8, 4) is 33.8 Å². The molecule has 1 aliphatic rings. The second kappa shape index (κ2) is 6.08. The van der Waals surface area contributed by atoms with Crippen LogP contribution in [-0.4, -0.2) is 9.97 Å². The molecule has 0 atom stereocenters. The van der Waals surface area contributed by atoms with Crippen molar-refractivity contribution in [2.45, 2.75) is 6.42 Å². The van der Waals surface area contributed by atoms with E-state index in [4.69, 9.17) is 16.6 Å². The van der Waals surface area contributed by atoms with Crippen LogP contribution in [0.4, 0.5) is 0 Å². The smallest absolute Gasteiger partial charge is 0.0900 e. The maximum Gasteiger partial charge on any atom is 0.0900 e. The Morgan fingerprint density at radius 3 is 2.38 bits per heavy atom. The molecule has 0 spiro atoms. The van der Waals surface area contributed by atoms with Crippen LogP contribution in [0.25, 0.3) is 33.8 Å². The highest BCUT2D eigenvalue weighted by Crippen LogP contribution is 2.42. The van der Waals surface area contributed by atoms with E-state index in [1.165, 1.54) is 22.3 Å². The summed E-state index contributed by atoms with van der Waals surface area (Å²) in [5, 5.41) is 0.743. The molecule has 0 unspecified atom stereocenters. The number of pyridine rings is 2. The van der Waals surface area contributed by atoms with Gasteiger partial charge in [0.15, 0.2) is 0 Å². The van der Waals surface area contributed by atoms with Gasteiger partial charge < -0.3 is 0 Å². The first kappa shape index (κ1) is 15.3. The molecular weight excluding hydrogens is 340 g/mol. The average Bonchev–Trinajstić information content (AvgIpc) is 3.07. The number of hydrogen-bond donors (Lipinski definition) is 0. The van der Waals surface area contributed by atoms with Crippen molar-refractivity contribution >= 4 is 11.6 Å². The summed E-state index contributed by atoms with van der Waals surface area (Å²) in [7, 11) is 0. The van der Waals surface area contributed by atoms with Gasteiger partial charge in [0.2, 0.25) is 0 Å². The Morgan fingerprint density at radius 1 is 0.769 bits per heavy atom. The van der Waals surface area contributed by atoms with E-state index >= 15 is 0 Å². The van der Waals surface area contributed by atoms with Crippen LogP contribution in [0.5, 0.6) is 0 Å². The van der Waals surface area contributed by atoms with Gasteiger partial charge in [-0.05, 0) is 52.6 Å². The zero-order valence-electron chi connectivity index (χ0n) is 14.0. The molecule has 0 saturated heterocycles. The van der Waals surface area contributed by atoms with E-state index in [2.05, 4.69) is 47.4 Å². The highest BCUT2D eigenvalue weighted by molar-refractivity contribution is 6.30. The fourth-order valence-electron chi connectivity index (χ4n) is 3.60. The van der Waals surface area contributed by atoms with Crippen molar-refractivity contribution in [2.24, 2.45) is 0 Å². The Hall–Kier alpha value is -2.97. The molecule has 0 N–H and O–H groups in total. The molecule has 2 heterocycles. The number of aromatic nitrogens is 2. The van der Waals surface area contributed by atoms with E-state index in [-0.39, 0.29) is 0 Å². The van der Waals surface area contributed by atoms with Gasteiger partial charge in [0.25, 0.3) is 0 Å². The van der Waals surface area contributed by atoms with E-state index < -0.39 is 0 Å². The van der Waals surface area contributed by atoms with Gasteiger partial charge >= 0.3 is 0 Å². The van der Waals surface area contributed by atoms with Crippen LogP contribution < -0.4 is 0 Å². The molecule has 0 aliphatic heterocycles. The lowest BCUT2D eigenvalue weighted by Gasteiger charge is -2.12. The third-order valence-corrected chi connectivity index (χ3v) is 5.10. The number of hydrogen-bond acceptors (Lipinski definition) is 2. The Bertz CT molecular complexity index is 1100. The lowest BCUT2D eigenvalue weighted by Crippen LogP contribution is -1.95. The second-order valence-electron chi connectivity index (χ2n) is 6.44. The molecule has 0 amide bonds. The van der Waals surface area contributed by atoms with E-state index in [0.717, 1.165) is 34.1 Å². The van der Waals surface area contributed by atoms with E-state index in [9.17, 15) is 0 Å². The minimum absolute atomic E-state index is 0.743. The van der Waals surface area contributed by atoms with Crippen molar-refractivity contribution in [3.05, 3.63) is 95.1 Å². The lowest BCUT2D eigenvalue weighted by molar-refractivity contribution is 1.21. The summed E-state index contributed by atoms with van der Waals surface area (Å²) in [6.45, 7) is 0. The standard InChI is InChI=1S/C23H15ClN2/c24-17-10-8-15(9-11-17)19-14-22(21-7-3-4-12-25-21)26-23-18-6-2-1-5-16(18)13-20(19)23/h1-12,14H,13H2. The Morgan fingerprint density at radius 2 is 1.58 bits per heavy atom. The third-order valence-electron chi connectivity index (χ3n) is 4.85. The van der Waals surface area contributed by atoms with Crippen LogP contribution in [0, 0.1) is 0 Å². The van der Waals surface area contributed by atoms with Gasteiger partial charge in [-0.25, -0.2) is 4.98 Å². The molecule has 26 heavy (non-hydrogen) atoms. The first-order valence-corrected chi connectivity index (χ1v) is 8.97. The van der Waals surface area contributed by atoms with Crippen molar-refractivity contribution < 1.29 is 0 Å². The van der Waals surface area contributed by atoms with Crippen LogP contribution in [0.1, 0.15) is 11.1 Å². The quantitative estimate of drug-likeness (QED) is 0.386. The molecular formula is C23H15ClN2. The van der Waals surface area contributed by atoms with E-state index in [1.807, 2.05) is 30.3 Å². The number of halogens is 1. The molecule has 2 aromatic carbocycles. The maximum atomic E-state index is 6.09. The maximum absolute atomic E-state index is 6.09. The molecule has 1 aliphatic carbocycles. The first-order chi connectivity index (χ1) is 12.8. The van der Waals surface area contributed by atoms with E-state index in [1.54, 1.807) is 6.20 Å². The summed E-state index contributed by atoms with van der Waals surface area (Å²) in [6, 6.07) is 24.6. The molecule has 2 aromatic heterocycles. The van der Waals surface area contributed by atoms with Gasteiger partial charge in [-0.15, -0.1) is 0 Å². The van der Waals surface area contributed by atoms with Crippen molar-refractivity contribution in [1.82, 2.24) is 9.97 Å². The van der Waals surface area contributed by atoms with Crippen molar-refractivity contribution in [1.29, 1.82) is 0 Å². The number of fused-ring (bicyclic) bond motifs is 3. The Labute approximate surface area is 157 Å². The minimum atomic E-state index is 0.743. The van der Waals surface area contributed by atoms with Gasteiger partial charge in [-0.1, -0.05) is 54.1 Å². The summed E-state index contributed by atoms with van der Waals surface area (Å²) in [6.07, 6.45) is 2.71. The highest BCUT2D eigenvalue weighted by atomic mass is 35.5. The zero-order chi connectivity index (χ0) is 17.5. The van der Waals surface area contributed by atoms with Crippen molar-refractivity contribution in [2.75, 3.05) is 0 Å². The van der Waals surface area contributed by atoms with E-state index in [0.29, 0.717) is 0 Å². The average molecular weight is 355 g/mol. The number of rotatable bonds is 2. The third kappa shape index (κ3) is 2.51. The first-order valence-electron chi connectivity index (χ1n) is 8.59. The molecule has 2 nitrogen and oxygen atoms in total. The van der Waals surface area contributed by atoms with Crippen molar-refractivity contribution in [3.63, 3.8) is 0 Å². The van der Waals surface area contributed by atoms with Crippen LogP contribution in [0.3, 0.4) is 0 Å². The molecule has 3 heteroatoms. The van der Waals surface area contributed by atoms with Gasteiger partial charge in [-0.3, -0.25) is 4.98 Å². The topological polar surface area (TPSA) is 25.8 Å². The largest absolute Gasteiger partial charge is 0.255 e. The normalized spacial score (nSPS) is 11.9.